The van der Waals surface area contributed by atoms with Gasteiger partial charge >= 0.3 is 0 Å². The van der Waals surface area contributed by atoms with Crippen LogP contribution in [0.5, 0.6) is 0 Å². The molecule has 23 heavy (non-hydrogen) atoms. The van der Waals surface area contributed by atoms with E-state index in [1.54, 1.807) is 18.2 Å². The molecule has 0 radical (unpaired) electrons. The fourth-order valence-corrected chi connectivity index (χ4v) is 2.86. The maximum atomic E-state index is 12.8. The number of rotatable bonds is 7. The van der Waals surface area contributed by atoms with Crippen molar-refractivity contribution in [1.29, 1.82) is 0 Å². The van der Waals surface area contributed by atoms with Gasteiger partial charge in [-0.3, -0.25) is 4.79 Å². The highest BCUT2D eigenvalue weighted by Gasteiger charge is 2.18. The summed E-state index contributed by atoms with van der Waals surface area (Å²) in [5.41, 5.74) is 0.850. The van der Waals surface area contributed by atoms with Crippen molar-refractivity contribution >= 4 is 17.7 Å². The smallest absolute Gasteiger partial charge is 0.233 e. The summed E-state index contributed by atoms with van der Waals surface area (Å²) in [6, 6.07) is 6.05. The molecule has 7 heteroatoms. The number of thioether (sulfide) groups is 1. The van der Waals surface area contributed by atoms with Crippen molar-refractivity contribution in [3.05, 3.63) is 54.1 Å². The second kappa shape index (κ2) is 7.92. The van der Waals surface area contributed by atoms with Gasteiger partial charge in [-0.25, -0.2) is 4.39 Å². The van der Waals surface area contributed by atoms with E-state index in [4.69, 9.17) is 0 Å². The number of allylic oxidation sites excluding steroid dienone is 1. The second-order valence-electron chi connectivity index (χ2n) is 5.03. The highest BCUT2D eigenvalue weighted by atomic mass is 32.2. The standard InChI is InChI=1S/C16H19FN4OS/c1-4-9-21-12(3)19-20-16(21)23-11(2)15(22)18-10-13-5-7-14(17)8-6-13/h4-8,11H,1,9-10H2,2-3H3,(H,18,22). The molecule has 5 nitrogen and oxygen atoms in total. The lowest BCUT2D eigenvalue weighted by atomic mass is 10.2. The minimum absolute atomic E-state index is 0.106. The molecule has 2 aromatic rings. The molecule has 1 N–H and O–H groups in total. The Kier molecular flexibility index (Phi) is 5.92. The zero-order valence-corrected chi connectivity index (χ0v) is 13.9. The van der Waals surface area contributed by atoms with Gasteiger partial charge in [0.25, 0.3) is 0 Å². The summed E-state index contributed by atoms with van der Waals surface area (Å²) in [6.07, 6.45) is 1.76. The summed E-state index contributed by atoms with van der Waals surface area (Å²) in [5, 5.41) is 11.3. The van der Waals surface area contributed by atoms with Crippen molar-refractivity contribution in [2.24, 2.45) is 0 Å². The minimum Gasteiger partial charge on any atom is -0.351 e. The molecule has 0 aliphatic carbocycles. The Balaban J connectivity index is 1.92. The molecule has 1 heterocycles. The third kappa shape index (κ3) is 4.66. The topological polar surface area (TPSA) is 59.8 Å². The van der Waals surface area contributed by atoms with Crippen molar-refractivity contribution in [1.82, 2.24) is 20.1 Å². The van der Waals surface area contributed by atoms with Crippen LogP contribution in [0.1, 0.15) is 18.3 Å². The van der Waals surface area contributed by atoms with Crippen LogP contribution in [0, 0.1) is 12.7 Å². The first-order chi connectivity index (χ1) is 11.0. The molecule has 122 valence electrons. The van der Waals surface area contributed by atoms with Crippen LogP contribution in [0.3, 0.4) is 0 Å². The Morgan fingerprint density at radius 1 is 1.43 bits per heavy atom. The van der Waals surface area contributed by atoms with Crippen LogP contribution >= 0.6 is 11.8 Å². The van der Waals surface area contributed by atoms with Gasteiger partial charge in [-0.1, -0.05) is 30.0 Å². The Labute approximate surface area is 139 Å². The molecule has 0 bridgehead atoms. The first-order valence-corrected chi connectivity index (χ1v) is 8.08. The predicted octanol–water partition coefficient (Wildman–Crippen LogP) is 2.71. The number of hydrogen-bond donors (Lipinski definition) is 1. The molecule has 0 saturated carbocycles. The molecule has 0 saturated heterocycles. The molecular weight excluding hydrogens is 315 g/mol. The van der Waals surface area contributed by atoms with Gasteiger partial charge in [0, 0.05) is 13.1 Å². The molecule has 1 unspecified atom stereocenters. The molecule has 1 aromatic heterocycles. The van der Waals surface area contributed by atoms with Crippen LogP contribution in [0.25, 0.3) is 0 Å². The SMILES string of the molecule is C=CCn1c(C)nnc1SC(C)C(=O)NCc1ccc(F)cc1. The van der Waals surface area contributed by atoms with Crippen molar-refractivity contribution < 1.29 is 9.18 Å². The molecule has 0 aliphatic rings. The van der Waals surface area contributed by atoms with Crippen LogP contribution in [0.4, 0.5) is 4.39 Å². The average Bonchev–Trinajstić information content (AvgIpc) is 2.87. The van der Waals surface area contributed by atoms with E-state index in [0.29, 0.717) is 18.2 Å². The van der Waals surface area contributed by atoms with E-state index in [0.717, 1.165) is 11.4 Å². The number of aromatic nitrogens is 3. The minimum atomic E-state index is -0.317. The molecule has 1 atom stereocenters. The monoisotopic (exact) mass is 334 g/mol. The first-order valence-electron chi connectivity index (χ1n) is 7.20. The third-order valence-electron chi connectivity index (χ3n) is 3.24. The van der Waals surface area contributed by atoms with Crippen LogP contribution in [-0.4, -0.2) is 25.9 Å². The van der Waals surface area contributed by atoms with Gasteiger partial charge in [-0.2, -0.15) is 0 Å². The molecular formula is C16H19FN4OS. The zero-order chi connectivity index (χ0) is 16.8. The second-order valence-corrected chi connectivity index (χ2v) is 6.34. The van der Waals surface area contributed by atoms with Crippen molar-refractivity contribution in [3.63, 3.8) is 0 Å². The molecule has 0 spiro atoms. The summed E-state index contributed by atoms with van der Waals surface area (Å²) >= 11 is 1.35. The Morgan fingerprint density at radius 3 is 2.78 bits per heavy atom. The van der Waals surface area contributed by atoms with E-state index in [2.05, 4.69) is 22.1 Å². The van der Waals surface area contributed by atoms with E-state index >= 15 is 0 Å². The average molecular weight is 334 g/mol. The van der Waals surface area contributed by atoms with E-state index < -0.39 is 0 Å². The summed E-state index contributed by atoms with van der Waals surface area (Å²) in [7, 11) is 0. The summed E-state index contributed by atoms with van der Waals surface area (Å²) in [4.78, 5) is 12.2. The van der Waals surface area contributed by atoms with Gasteiger partial charge in [0.1, 0.15) is 11.6 Å². The highest BCUT2D eigenvalue weighted by molar-refractivity contribution is 8.00. The van der Waals surface area contributed by atoms with Gasteiger partial charge in [0.05, 0.1) is 5.25 Å². The molecule has 1 amide bonds. The molecule has 1 aromatic carbocycles. The van der Waals surface area contributed by atoms with Crippen molar-refractivity contribution in [2.45, 2.75) is 37.3 Å². The predicted molar refractivity (Wildman–Crippen MR) is 88.5 cm³/mol. The summed E-state index contributed by atoms with van der Waals surface area (Å²) < 4.78 is 14.7. The van der Waals surface area contributed by atoms with Crippen molar-refractivity contribution in [3.8, 4) is 0 Å². The lowest BCUT2D eigenvalue weighted by molar-refractivity contribution is -0.120. The lowest BCUT2D eigenvalue weighted by Crippen LogP contribution is -2.30. The van der Waals surface area contributed by atoms with Crippen LogP contribution < -0.4 is 5.32 Å². The lowest BCUT2D eigenvalue weighted by Gasteiger charge is -2.12. The number of halogens is 1. The molecule has 0 aliphatic heterocycles. The van der Waals surface area contributed by atoms with Crippen molar-refractivity contribution in [2.75, 3.05) is 0 Å². The van der Waals surface area contributed by atoms with Gasteiger partial charge in [-0.05, 0) is 31.5 Å². The van der Waals surface area contributed by atoms with Gasteiger partial charge in [-0.15, -0.1) is 16.8 Å². The van der Waals surface area contributed by atoms with Gasteiger partial charge < -0.3 is 9.88 Å². The summed E-state index contributed by atoms with van der Waals surface area (Å²) in [6.45, 7) is 8.35. The van der Waals surface area contributed by atoms with Gasteiger partial charge in [0.2, 0.25) is 5.91 Å². The maximum Gasteiger partial charge on any atom is 0.233 e. The Morgan fingerprint density at radius 2 is 2.13 bits per heavy atom. The molecule has 0 fully saturated rings. The number of nitrogens with one attached hydrogen (secondary N) is 1. The van der Waals surface area contributed by atoms with Gasteiger partial charge in [0.15, 0.2) is 5.16 Å². The number of hydrogen-bond acceptors (Lipinski definition) is 4. The molecule has 2 rings (SSSR count). The quantitative estimate of drug-likeness (QED) is 0.625. The summed E-state index contributed by atoms with van der Waals surface area (Å²) in [5.74, 6) is 0.386. The maximum absolute atomic E-state index is 12.8. The van der Waals surface area contributed by atoms with E-state index in [1.165, 1.54) is 23.9 Å². The number of benzene rings is 1. The van der Waals surface area contributed by atoms with Crippen LogP contribution in [0.15, 0.2) is 42.1 Å². The number of amides is 1. The Bertz CT molecular complexity index is 684. The number of aryl methyl sites for hydroxylation is 1. The van der Waals surface area contributed by atoms with Crippen LogP contribution in [0.2, 0.25) is 0 Å². The van der Waals surface area contributed by atoms with Crippen LogP contribution in [-0.2, 0) is 17.9 Å². The number of carbonyl (C=O) groups is 1. The van der Waals surface area contributed by atoms with E-state index in [1.807, 2.05) is 18.4 Å². The Hall–Kier alpha value is -2.15. The fourth-order valence-electron chi connectivity index (χ4n) is 1.93. The zero-order valence-electron chi connectivity index (χ0n) is 13.1. The number of nitrogens with zero attached hydrogens (tertiary/aromatic N) is 3. The van der Waals surface area contributed by atoms with E-state index in [-0.39, 0.29) is 17.0 Å². The number of carbonyl (C=O) groups excluding carboxylic acids is 1. The third-order valence-corrected chi connectivity index (χ3v) is 4.33. The largest absolute Gasteiger partial charge is 0.351 e. The van der Waals surface area contributed by atoms with E-state index in [9.17, 15) is 9.18 Å². The highest BCUT2D eigenvalue weighted by Crippen LogP contribution is 2.22. The fraction of sp³-hybridized carbons (Fsp3) is 0.312. The first kappa shape index (κ1) is 17.2. The normalized spacial score (nSPS) is 12.0.